The summed E-state index contributed by atoms with van der Waals surface area (Å²) >= 11 is 0. The molecular formula is C18H29N3. The van der Waals surface area contributed by atoms with Crippen LogP contribution in [0.1, 0.15) is 26.2 Å². The fourth-order valence-corrected chi connectivity index (χ4v) is 3.87. The van der Waals surface area contributed by atoms with Crippen molar-refractivity contribution in [3.05, 3.63) is 30.3 Å². The lowest BCUT2D eigenvalue weighted by molar-refractivity contribution is 0.184. The van der Waals surface area contributed by atoms with Crippen LogP contribution in [0.4, 0.5) is 5.69 Å². The van der Waals surface area contributed by atoms with Gasteiger partial charge in [0.15, 0.2) is 0 Å². The van der Waals surface area contributed by atoms with Crippen LogP contribution in [0.3, 0.4) is 0 Å². The molecule has 3 heteroatoms. The SMILES string of the molecule is CCN1CCCC1CN1CCCN(c2ccccc2)CC1. The number of anilines is 1. The molecule has 3 rings (SSSR count). The Hall–Kier alpha value is -1.06. The highest BCUT2D eigenvalue weighted by molar-refractivity contribution is 5.46. The molecule has 2 fully saturated rings. The minimum absolute atomic E-state index is 0.804. The topological polar surface area (TPSA) is 9.72 Å². The van der Waals surface area contributed by atoms with Crippen LogP contribution in [0, 0.1) is 0 Å². The fraction of sp³-hybridized carbons (Fsp3) is 0.667. The van der Waals surface area contributed by atoms with Crippen molar-refractivity contribution in [1.29, 1.82) is 0 Å². The van der Waals surface area contributed by atoms with Crippen LogP contribution in [0.15, 0.2) is 30.3 Å². The van der Waals surface area contributed by atoms with Crippen molar-refractivity contribution < 1.29 is 0 Å². The smallest absolute Gasteiger partial charge is 0.0366 e. The van der Waals surface area contributed by atoms with Gasteiger partial charge in [-0.1, -0.05) is 25.1 Å². The quantitative estimate of drug-likeness (QED) is 0.843. The Morgan fingerprint density at radius 2 is 1.81 bits per heavy atom. The Kier molecular flexibility index (Phi) is 5.15. The molecule has 1 aromatic rings. The van der Waals surface area contributed by atoms with Gasteiger partial charge in [0, 0.05) is 37.9 Å². The molecule has 1 atom stereocenters. The number of benzene rings is 1. The highest BCUT2D eigenvalue weighted by atomic mass is 15.3. The van der Waals surface area contributed by atoms with Crippen molar-refractivity contribution in [3.63, 3.8) is 0 Å². The summed E-state index contributed by atoms with van der Waals surface area (Å²) in [4.78, 5) is 7.91. The lowest BCUT2D eigenvalue weighted by atomic mass is 10.2. The zero-order valence-electron chi connectivity index (χ0n) is 13.4. The van der Waals surface area contributed by atoms with Crippen LogP contribution in [0.25, 0.3) is 0 Å². The number of likely N-dealkylation sites (N-methyl/N-ethyl adjacent to an activating group) is 1. The van der Waals surface area contributed by atoms with E-state index in [0.717, 1.165) is 6.04 Å². The van der Waals surface area contributed by atoms with E-state index in [0.29, 0.717) is 0 Å². The number of hydrogen-bond acceptors (Lipinski definition) is 3. The first kappa shape index (κ1) is 14.9. The molecule has 0 aliphatic carbocycles. The third-order valence-electron chi connectivity index (χ3n) is 5.08. The summed E-state index contributed by atoms with van der Waals surface area (Å²) in [6.07, 6.45) is 4.07. The van der Waals surface area contributed by atoms with Crippen LogP contribution >= 0.6 is 0 Å². The van der Waals surface area contributed by atoms with Crippen LogP contribution in [0.5, 0.6) is 0 Å². The maximum absolute atomic E-state index is 2.70. The van der Waals surface area contributed by atoms with Gasteiger partial charge in [0.25, 0.3) is 0 Å². The molecule has 0 N–H and O–H groups in total. The third kappa shape index (κ3) is 3.78. The lowest BCUT2D eigenvalue weighted by Crippen LogP contribution is -2.41. The Morgan fingerprint density at radius 3 is 2.62 bits per heavy atom. The van der Waals surface area contributed by atoms with Crippen LogP contribution in [-0.4, -0.2) is 61.7 Å². The molecule has 1 unspecified atom stereocenters. The summed E-state index contributed by atoms with van der Waals surface area (Å²) in [5.41, 5.74) is 1.38. The summed E-state index contributed by atoms with van der Waals surface area (Å²) in [6, 6.07) is 11.7. The molecule has 2 saturated heterocycles. The predicted octanol–water partition coefficient (Wildman–Crippen LogP) is 2.68. The van der Waals surface area contributed by atoms with Gasteiger partial charge in [-0.15, -0.1) is 0 Å². The first-order valence-corrected chi connectivity index (χ1v) is 8.63. The van der Waals surface area contributed by atoms with Gasteiger partial charge in [-0.25, -0.2) is 0 Å². The van der Waals surface area contributed by atoms with Crippen molar-refractivity contribution in [2.75, 3.05) is 50.7 Å². The number of likely N-dealkylation sites (tertiary alicyclic amines) is 1. The van der Waals surface area contributed by atoms with Crippen molar-refractivity contribution in [2.24, 2.45) is 0 Å². The highest BCUT2D eigenvalue weighted by Gasteiger charge is 2.26. The van der Waals surface area contributed by atoms with E-state index in [1.54, 1.807) is 0 Å². The fourth-order valence-electron chi connectivity index (χ4n) is 3.87. The maximum Gasteiger partial charge on any atom is 0.0366 e. The Balaban J connectivity index is 1.54. The molecule has 1 aromatic carbocycles. The Morgan fingerprint density at radius 1 is 0.952 bits per heavy atom. The van der Waals surface area contributed by atoms with Gasteiger partial charge in [-0.2, -0.15) is 0 Å². The van der Waals surface area contributed by atoms with Gasteiger partial charge in [0.2, 0.25) is 0 Å². The highest BCUT2D eigenvalue weighted by Crippen LogP contribution is 2.20. The molecule has 3 nitrogen and oxygen atoms in total. The van der Waals surface area contributed by atoms with Gasteiger partial charge in [-0.05, 0) is 51.0 Å². The minimum Gasteiger partial charge on any atom is -0.370 e. The number of para-hydroxylation sites is 1. The van der Waals surface area contributed by atoms with E-state index >= 15 is 0 Å². The van der Waals surface area contributed by atoms with E-state index in [-0.39, 0.29) is 0 Å². The monoisotopic (exact) mass is 287 g/mol. The van der Waals surface area contributed by atoms with Crippen molar-refractivity contribution in [1.82, 2.24) is 9.80 Å². The molecule has 0 spiro atoms. The van der Waals surface area contributed by atoms with E-state index in [4.69, 9.17) is 0 Å². The van der Waals surface area contributed by atoms with E-state index in [1.807, 2.05) is 0 Å². The number of nitrogens with zero attached hydrogens (tertiary/aromatic N) is 3. The van der Waals surface area contributed by atoms with Gasteiger partial charge >= 0.3 is 0 Å². The summed E-state index contributed by atoms with van der Waals surface area (Å²) < 4.78 is 0. The lowest BCUT2D eigenvalue weighted by Gasteiger charge is -2.29. The molecular weight excluding hydrogens is 258 g/mol. The van der Waals surface area contributed by atoms with Crippen molar-refractivity contribution >= 4 is 5.69 Å². The standard InChI is InChI=1S/C18H29N3/c1-2-20-12-6-10-18(20)16-19-11-7-13-21(15-14-19)17-8-4-3-5-9-17/h3-5,8-9,18H,2,6-7,10-16H2,1H3. The first-order valence-electron chi connectivity index (χ1n) is 8.63. The summed E-state index contributed by atoms with van der Waals surface area (Å²) in [6.45, 7) is 10.9. The van der Waals surface area contributed by atoms with Gasteiger partial charge in [0.1, 0.15) is 0 Å². The van der Waals surface area contributed by atoms with Gasteiger partial charge in [0.05, 0.1) is 0 Å². The second-order valence-corrected chi connectivity index (χ2v) is 6.40. The second kappa shape index (κ2) is 7.28. The molecule has 0 amide bonds. The molecule has 2 aliphatic heterocycles. The van der Waals surface area contributed by atoms with Crippen molar-refractivity contribution in [2.45, 2.75) is 32.2 Å². The average molecular weight is 287 g/mol. The number of rotatable bonds is 4. The molecule has 0 bridgehead atoms. The van der Waals surface area contributed by atoms with E-state index in [2.05, 4.69) is 52.0 Å². The largest absolute Gasteiger partial charge is 0.370 e. The van der Waals surface area contributed by atoms with Gasteiger partial charge in [-0.3, -0.25) is 9.80 Å². The predicted molar refractivity (Wildman–Crippen MR) is 90.0 cm³/mol. The van der Waals surface area contributed by atoms with Crippen LogP contribution in [-0.2, 0) is 0 Å². The normalized spacial score (nSPS) is 25.2. The third-order valence-corrected chi connectivity index (χ3v) is 5.08. The molecule has 21 heavy (non-hydrogen) atoms. The second-order valence-electron chi connectivity index (χ2n) is 6.40. The van der Waals surface area contributed by atoms with E-state index in [1.165, 1.54) is 70.8 Å². The Bertz CT molecular complexity index is 420. The zero-order valence-corrected chi connectivity index (χ0v) is 13.4. The average Bonchev–Trinajstić information content (AvgIpc) is 2.84. The Labute approximate surface area is 129 Å². The molecule has 0 saturated carbocycles. The number of hydrogen-bond donors (Lipinski definition) is 0. The summed E-state index contributed by atoms with van der Waals surface area (Å²) in [5, 5.41) is 0. The molecule has 2 aliphatic rings. The molecule has 116 valence electrons. The first-order chi connectivity index (χ1) is 10.4. The van der Waals surface area contributed by atoms with Crippen LogP contribution in [0.2, 0.25) is 0 Å². The molecule has 0 radical (unpaired) electrons. The van der Waals surface area contributed by atoms with E-state index < -0.39 is 0 Å². The minimum atomic E-state index is 0.804. The van der Waals surface area contributed by atoms with Crippen LogP contribution < -0.4 is 4.90 Å². The van der Waals surface area contributed by atoms with E-state index in [9.17, 15) is 0 Å². The zero-order chi connectivity index (χ0) is 14.5. The molecule has 2 heterocycles. The summed E-state index contributed by atoms with van der Waals surface area (Å²) in [5.74, 6) is 0. The maximum atomic E-state index is 2.70. The van der Waals surface area contributed by atoms with Gasteiger partial charge < -0.3 is 4.90 Å². The molecule has 0 aromatic heterocycles. The van der Waals surface area contributed by atoms with Crippen molar-refractivity contribution in [3.8, 4) is 0 Å². The summed E-state index contributed by atoms with van der Waals surface area (Å²) in [7, 11) is 0.